The summed E-state index contributed by atoms with van der Waals surface area (Å²) in [5.41, 5.74) is 7.04. The van der Waals surface area contributed by atoms with E-state index in [1.165, 1.54) is 21.6 Å². The largest absolute Gasteiger partial charge is 0.250 e. The summed E-state index contributed by atoms with van der Waals surface area (Å²) < 4.78 is 0. The Morgan fingerprint density at radius 1 is 0.826 bits per heavy atom. The lowest BCUT2D eigenvalue weighted by Gasteiger charge is -2.15. The van der Waals surface area contributed by atoms with Crippen molar-refractivity contribution in [1.29, 1.82) is 0 Å². The Bertz CT molecular complexity index is 857. The monoisotopic (exact) mass is 337 g/mol. The first-order chi connectivity index (χ1) is 11.3. The maximum atomic E-state index is 5.98. The second-order valence-electron chi connectivity index (χ2n) is 5.54. The molecule has 1 heterocycles. The Morgan fingerprint density at radius 3 is 2.39 bits per heavy atom. The van der Waals surface area contributed by atoms with Gasteiger partial charge in [0.05, 0.1) is 5.69 Å². The van der Waals surface area contributed by atoms with Gasteiger partial charge in [-0.2, -0.15) is 10.9 Å². The van der Waals surface area contributed by atoms with Crippen LogP contribution in [0.15, 0.2) is 82.7 Å². The molecule has 3 aromatic carbocycles. The molecule has 0 fully saturated rings. The first-order valence-corrected chi connectivity index (χ1v) is 9.52. The van der Waals surface area contributed by atoms with Crippen LogP contribution in [-0.4, -0.2) is 5.55 Å². The summed E-state index contributed by atoms with van der Waals surface area (Å²) in [5, 5.41) is 0.786. The van der Waals surface area contributed by atoms with E-state index in [4.69, 9.17) is 16.6 Å². The van der Waals surface area contributed by atoms with E-state index < -0.39 is 0 Å². The summed E-state index contributed by atoms with van der Waals surface area (Å²) in [6.45, 7) is 0. The lowest BCUT2D eigenvalue weighted by atomic mass is 10.0. The SMILES string of the molecule is Clc1ccc(C[SH]2C=Nc3c(-c4ccccc4)cccc32)cc1. The topological polar surface area (TPSA) is 12.4 Å². The fourth-order valence-electron chi connectivity index (χ4n) is 2.85. The van der Waals surface area contributed by atoms with Crippen LogP contribution in [0.25, 0.3) is 11.1 Å². The second kappa shape index (κ2) is 6.23. The minimum atomic E-state index is -0.388. The molecule has 0 aromatic heterocycles. The van der Waals surface area contributed by atoms with Crippen LogP contribution >= 0.6 is 22.5 Å². The molecule has 1 aliphatic heterocycles. The van der Waals surface area contributed by atoms with Crippen LogP contribution in [0, 0.1) is 0 Å². The van der Waals surface area contributed by atoms with Crippen molar-refractivity contribution in [1.82, 2.24) is 0 Å². The first kappa shape index (κ1) is 14.6. The highest BCUT2D eigenvalue weighted by Crippen LogP contribution is 2.51. The molecular weight excluding hydrogens is 322 g/mol. The summed E-state index contributed by atoms with van der Waals surface area (Å²) in [6.07, 6.45) is 0. The molecule has 0 spiro atoms. The summed E-state index contributed by atoms with van der Waals surface area (Å²) in [4.78, 5) is 6.12. The fourth-order valence-corrected chi connectivity index (χ4v) is 4.94. The third-order valence-electron chi connectivity index (χ3n) is 4.00. The van der Waals surface area contributed by atoms with Crippen molar-refractivity contribution in [2.75, 3.05) is 0 Å². The van der Waals surface area contributed by atoms with Crippen LogP contribution in [0.5, 0.6) is 0 Å². The minimum Gasteiger partial charge on any atom is -0.250 e. The molecule has 0 bridgehead atoms. The molecule has 1 atom stereocenters. The van der Waals surface area contributed by atoms with Gasteiger partial charge in [-0.3, -0.25) is 0 Å². The van der Waals surface area contributed by atoms with E-state index in [1.807, 2.05) is 18.2 Å². The average molecular weight is 338 g/mol. The summed E-state index contributed by atoms with van der Waals surface area (Å²) >= 11 is 5.98. The Morgan fingerprint density at radius 2 is 1.61 bits per heavy atom. The normalized spacial score (nSPS) is 17.2. The van der Waals surface area contributed by atoms with E-state index in [0.29, 0.717) is 0 Å². The van der Waals surface area contributed by atoms with Crippen LogP contribution in [-0.2, 0) is 5.75 Å². The van der Waals surface area contributed by atoms with Crippen LogP contribution < -0.4 is 0 Å². The zero-order valence-electron chi connectivity index (χ0n) is 12.5. The number of hydrogen-bond donors (Lipinski definition) is 1. The van der Waals surface area contributed by atoms with Gasteiger partial charge in [0, 0.05) is 26.8 Å². The standard InChI is InChI=1S/C20H16ClNS/c21-17-11-9-15(10-12-17)13-23-14-22-20-18(7-4-8-19(20)23)16-5-2-1-3-6-16/h1-12,14,23H,13H2. The van der Waals surface area contributed by atoms with Crippen LogP contribution in [0.3, 0.4) is 0 Å². The number of fused-ring (bicyclic) bond motifs is 1. The molecule has 0 saturated heterocycles. The minimum absolute atomic E-state index is 0.388. The maximum absolute atomic E-state index is 5.98. The number of hydrogen-bond acceptors (Lipinski definition) is 1. The van der Waals surface area contributed by atoms with Gasteiger partial charge in [-0.05, 0) is 29.3 Å². The van der Waals surface area contributed by atoms with Crippen molar-refractivity contribution in [2.24, 2.45) is 4.99 Å². The average Bonchev–Trinajstić information content (AvgIpc) is 3.01. The molecule has 3 aromatic rings. The summed E-state index contributed by atoms with van der Waals surface area (Å²) in [7, 11) is -0.388. The Hall–Kier alpha value is -2.03. The van der Waals surface area contributed by atoms with Gasteiger partial charge in [0.2, 0.25) is 0 Å². The van der Waals surface area contributed by atoms with Gasteiger partial charge in [-0.1, -0.05) is 66.2 Å². The quantitative estimate of drug-likeness (QED) is 0.543. The third-order valence-corrected chi connectivity index (χ3v) is 6.33. The Labute approximate surface area is 144 Å². The Balaban J connectivity index is 1.68. The summed E-state index contributed by atoms with van der Waals surface area (Å²) in [6, 6.07) is 25.1. The van der Waals surface area contributed by atoms with Gasteiger partial charge in [-0.25, -0.2) is 4.99 Å². The van der Waals surface area contributed by atoms with E-state index in [9.17, 15) is 0 Å². The van der Waals surface area contributed by atoms with Crippen molar-refractivity contribution in [2.45, 2.75) is 10.6 Å². The predicted octanol–water partition coefficient (Wildman–Crippen LogP) is 6.24. The van der Waals surface area contributed by atoms with Crippen molar-refractivity contribution >= 4 is 33.7 Å². The van der Waals surface area contributed by atoms with Crippen molar-refractivity contribution in [3.8, 4) is 11.1 Å². The molecular formula is C20H16ClNS. The van der Waals surface area contributed by atoms with E-state index in [-0.39, 0.29) is 10.9 Å². The first-order valence-electron chi connectivity index (χ1n) is 7.55. The van der Waals surface area contributed by atoms with Crippen LogP contribution in [0.4, 0.5) is 5.69 Å². The molecule has 1 unspecified atom stereocenters. The van der Waals surface area contributed by atoms with Crippen molar-refractivity contribution < 1.29 is 0 Å². The molecule has 4 rings (SSSR count). The molecule has 0 N–H and O–H groups in total. The number of benzene rings is 3. The van der Waals surface area contributed by atoms with Gasteiger partial charge in [0.1, 0.15) is 0 Å². The zero-order valence-corrected chi connectivity index (χ0v) is 14.1. The lowest BCUT2D eigenvalue weighted by Crippen LogP contribution is -1.88. The van der Waals surface area contributed by atoms with Gasteiger partial charge in [0.15, 0.2) is 0 Å². The highest BCUT2D eigenvalue weighted by Gasteiger charge is 2.19. The van der Waals surface area contributed by atoms with Crippen molar-refractivity contribution in [3.05, 3.63) is 83.4 Å². The highest BCUT2D eigenvalue weighted by atomic mass is 35.5. The number of aliphatic imine (C=N–C) groups is 1. The number of thiol groups is 1. The maximum Gasteiger partial charge on any atom is 0.0835 e. The zero-order chi connectivity index (χ0) is 15.6. The number of para-hydroxylation sites is 1. The summed E-state index contributed by atoms with van der Waals surface area (Å²) in [5.74, 6) is 1.02. The molecule has 0 saturated carbocycles. The highest BCUT2D eigenvalue weighted by molar-refractivity contribution is 8.28. The van der Waals surface area contributed by atoms with E-state index in [2.05, 4.69) is 60.1 Å². The molecule has 3 heteroatoms. The Kier molecular flexibility index (Phi) is 3.94. The van der Waals surface area contributed by atoms with Crippen molar-refractivity contribution in [3.63, 3.8) is 0 Å². The van der Waals surface area contributed by atoms with E-state index >= 15 is 0 Å². The van der Waals surface area contributed by atoms with Gasteiger partial charge < -0.3 is 0 Å². The second-order valence-corrected chi connectivity index (χ2v) is 7.94. The van der Waals surface area contributed by atoms with E-state index in [1.54, 1.807) is 0 Å². The van der Waals surface area contributed by atoms with Gasteiger partial charge in [-0.15, -0.1) is 0 Å². The molecule has 1 aliphatic rings. The number of halogens is 1. The number of nitrogens with zero attached hydrogens (tertiary/aromatic N) is 1. The van der Waals surface area contributed by atoms with Crippen LogP contribution in [0.1, 0.15) is 5.56 Å². The fraction of sp³-hybridized carbons (Fsp3) is 0.0500. The van der Waals surface area contributed by atoms with Gasteiger partial charge >= 0.3 is 0 Å². The molecule has 0 radical (unpaired) electrons. The van der Waals surface area contributed by atoms with Gasteiger partial charge in [0.25, 0.3) is 0 Å². The number of rotatable bonds is 3. The molecule has 114 valence electrons. The van der Waals surface area contributed by atoms with Crippen LogP contribution in [0.2, 0.25) is 5.02 Å². The molecule has 23 heavy (non-hydrogen) atoms. The molecule has 0 amide bonds. The molecule has 0 aliphatic carbocycles. The molecule has 1 nitrogen and oxygen atoms in total. The lowest BCUT2D eigenvalue weighted by molar-refractivity contribution is 1.36. The third kappa shape index (κ3) is 2.92. The smallest absolute Gasteiger partial charge is 0.0835 e. The predicted molar refractivity (Wildman–Crippen MR) is 102 cm³/mol. The van der Waals surface area contributed by atoms with E-state index in [0.717, 1.165) is 16.5 Å².